The third-order valence-corrected chi connectivity index (χ3v) is 4.13. The predicted octanol–water partition coefficient (Wildman–Crippen LogP) is 0.605. The molecule has 2 aliphatic heterocycles. The number of halogens is 2. The van der Waals surface area contributed by atoms with Crippen LogP contribution in [0, 0.1) is 0 Å². The van der Waals surface area contributed by atoms with Crippen LogP contribution in [-0.4, -0.2) is 72.2 Å². The highest BCUT2D eigenvalue weighted by molar-refractivity contribution is 5.91. The molecule has 6 nitrogen and oxygen atoms in total. The number of hydrogen-bond acceptors (Lipinski definition) is 5. The molecule has 2 aliphatic rings. The maximum atomic E-state index is 12.1. The Morgan fingerprint density at radius 2 is 2.05 bits per heavy atom. The monoisotopic (exact) mass is 351 g/mol. The highest BCUT2D eigenvalue weighted by atomic mass is 35.5. The number of furan rings is 1. The van der Waals surface area contributed by atoms with Crippen molar-refractivity contribution < 1.29 is 14.3 Å². The van der Waals surface area contributed by atoms with Crippen LogP contribution in [0.4, 0.5) is 0 Å². The lowest BCUT2D eigenvalue weighted by Crippen LogP contribution is -2.53. The first-order chi connectivity index (χ1) is 9.66. The zero-order valence-electron chi connectivity index (χ0n) is 12.4. The Kier molecular flexibility index (Phi) is 7.15. The van der Waals surface area contributed by atoms with E-state index in [9.17, 15) is 9.90 Å². The van der Waals surface area contributed by atoms with Crippen LogP contribution in [0.15, 0.2) is 22.8 Å². The normalized spacial score (nSPS) is 25.4. The lowest BCUT2D eigenvalue weighted by molar-refractivity contribution is 0.00571. The summed E-state index contributed by atoms with van der Waals surface area (Å²) in [6.07, 6.45) is 2.32. The quantitative estimate of drug-likeness (QED) is 0.834. The van der Waals surface area contributed by atoms with Crippen molar-refractivity contribution in [1.82, 2.24) is 15.1 Å². The SMILES string of the molecule is Cl.Cl.O=C(c1ccco1)N1CCN(CC2(O)CCNC2)CC1. The molecule has 1 amide bonds. The Morgan fingerprint density at radius 3 is 2.59 bits per heavy atom. The molecule has 22 heavy (non-hydrogen) atoms. The molecular formula is C14H23Cl2N3O3. The van der Waals surface area contributed by atoms with E-state index in [1.165, 1.54) is 6.26 Å². The zero-order valence-corrected chi connectivity index (χ0v) is 14.0. The minimum Gasteiger partial charge on any atom is -0.459 e. The minimum absolute atomic E-state index is 0. The van der Waals surface area contributed by atoms with Gasteiger partial charge in [-0.15, -0.1) is 24.8 Å². The van der Waals surface area contributed by atoms with Gasteiger partial charge in [0.15, 0.2) is 5.76 Å². The first-order valence-electron chi connectivity index (χ1n) is 7.15. The molecule has 0 aliphatic carbocycles. The van der Waals surface area contributed by atoms with Gasteiger partial charge in [0.1, 0.15) is 0 Å². The molecule has 2 fully saturated rings. The number of carbonyl (C=O) groups is 1. The lowest BCUT2D eigenvalue weighted by Gasteiger charge is -2.37. The number of rotatable bonds is 3. The maximum absolute atomic E-state index is 12.1. The van der Waals surface area contributed by atoms with Crippen molar-refractivity contribution in [2.24, 2.45) is 0 Å². The molecule has 2 saturated heterocycles. The molecule has 0 radical (unpaired) electrons. The summed E-state index contributed by atoms with van der Waals surface area (Å²) in [5, 5.41) is 13.6. The van der Waals surface area contributed by atoms with Gasteiger partial charge in [-0.1, -0.05) is 0 Å². The van der Waals surface area contributed by atoms with Gasteiger partial charge >= 0.3 is 0 Å². The molecule has 0 saturated carbocycles. The summed E-state index contributed by atoms with van der Waals surface area (Å²) in [5.74, 6) is 0.355. The smallest absolute Gasteiger partial charge is 0.289 e. The van der Waals surface area contributed by atoms with E-state index in [1.807, 2.05) is 4.90 Å². The Bertz CT molecular complexity index is 456. The largest absolute Gasteiger partial charge is 0.459 e. The Morgan fingerprint density at radius 1 is 1.32 bits per heavy atom. The molecule has 3 heterocycles. The molecule has 126 valence electrons. The van der Waals surface area contributed by atoms with Crippen LogP contribution in [-0.2, 0) is 0 Å². The van der Waals surface area contributed by atoms with Crippen LogP contribution in [0.25, 0.3) is 0 Å². The van der Waals surface area contributed by atoms with E-state index >= 15 is 0 Å². The standard InChI is InChI=1S/C14H21N3O3.2ClH/c18-13(12-2-1-9-20-12)17-7-5-16(6-8-17)11-14(19)3-4-15-10-14;;/h1-2,9,15,19H,3-8,10-11H2;2*1H. The van der Waals surface area contributed by atoms with Crippen LogP contribution >= 0.6 is 24.8 Å². The van der Waals surface area contributed by atoms with E-state index in [-0.39, 0.29) is 30.7 Å². The topological polar surface area (TPSA) is 69.0 Å². The number of nitrogens with zero attached hydrogens (tertiary/aromatic N) is 2. The third kappa shape index (κ3) is 4.36. The van der Waals surface area contributed by atoms with Gasteiger partial charge in [-0.25, -0.2) is 0 Å². The number of amides is 1. The highest BCUT2D eigenvalue weighted by Crippen LogP contribution is 2.17. The summed E-state index contributed by atoms with van der Waals surface area (Å²) in [5.41, 5.74) is -0.604. The second-order valence-corrected chi connectivity index (χ2v) is 5.70. The number of carbonyl (C=O) groups excluding carboxylic acids is 1. The second-order valence-electron chi connectivity index (χ2n) is 5.70. The van der Waals surface area contributed by atoms with Crippen molar-refractivity contribution in [3.05, 3.63) is 24.2 Å². The lowest BCUT2D eigenvalue weighted by atomic mass is 10.0. The van der Waals surface area contributed by atoms with Crippen molar-refractivity contribution in [3.8, 4) is 0 Å². The molecule has 8 heteroatoms. The zero-order chi connectivity index (χ0) is 14.0. The molecule has 0 aromatic carbocycles. The number of hydrogen-bond donors (Lipinski definition) is 2. The van der Waals surface area contributed by atoms with E-state index in [1.54, 1.807) is 12.1 Å². The molecule has 1 atom stereocenters. The molecule has 2 N–H and O–H groups in total. The fourth-order valence-electron chi connectivity index (χ4n) is 2.95. The van der Waals surface area contributed by atoms with Crippen LogP contribution in [0.3, 0.4) is 0 Å². The molecule has 1 unspecified atom stereocenters. The summed E-state index contributed by atoms with van der Waals surface area (Å²) in [7, 11) is 0. The maximum Gasteiger partial charge on any atom is 0.289 e. The summed E-state index contributed by atoms with van der Waals surface area (Å²) in [4.78, 5) is 16.2. The minimum atomic E-state index is -0.604. The average molecular weight is 352 g/mol. The second kappa shape index (κ2) is 8.17. The summed E-state index contributed by atoms with van der Waals surface area (Å²) in [6, 6.07) is 3.42. The van der Waals surface area contributed by atoms with Gasteiger partial charge in [0, 0.05) is 39.3 Å². The first kappa shape index (κ1) is 19.3. The molecular weight excluding hydrogens is 329 g/mol. The Hall–Kier alpha value is -0.790. The average Bonchev–Trinajstić information content (AvgIpc) is 3.10. The molecule has 0 bridgehead atoms. The van der Waals surface area contributed by atoms with Crippen LogP contribution in [0.1, 0.15) is 17.0 Å². The third-order valence-electron chi connectivity index (χ3n) is 4.13. The van der Waals surface area contributed by atoms with Gasteiger partial charge in [0.2, 0.25) is 0 Å². The Balaban J connectivity index is 0.00000121. The highest BCUT2D eigenvalue weighted by Gasteiger charge is 2.34. The van der Waals surface area contributed by atoms with E-state index in [0.717, 1.165) is 26.1 Å². The van der Waals surface area contributed by atoms with Crippen molar-refractivity contribution in [3.63, 3.8) is 0 Å². The van der Waals surface area contributed by atoms with Gasteiger partial charge in [-0.2, -0.15) is 0 Å². The fourth-order valence-corrected chi connectivity index (χ4v) is 2.95. The van der Waals surface area contributed by atoms with E-state index in [4.69, 9.17) is 4.42 Å². The summed E-state index contributed by atoms with van der Waals surface area (Å²) in [6.45, 7) is 5.20. The molecule has 0 spiro atoms. The number of aliphatic hydroxyl groups is 1. The van der Waals surface area contributed by atoms with Crippen molar-refractivity contribution >= 4 is 30.7 Å². The van der Waals surface area contributed by atoms with Gasteiger partial charge in [0.25, 0.3) is 5.91 Å². The van der Waals surface area contributed by atoms with Crippen LogP contribution in [0.5, 0.6) is 0 Å². The van der Waals surface area contributed by atoms with Crippen molar-refractivity contribution in [1.29, 1.82) is 0 Å². The van der Waals surface area contributed by atoms with E-state index in [0.29, 0.717) is 31.9 Å². The van der Waals surface area contributed by atoms with Gasteiger partial charge in [-0.05, 0) is 25.1 Å². The van der Waals surface area contributed by atoms with Gasteiger partial charge in [-0.3, -0.25) is 9.69 Å². The molecule has 3 rings (SSSR count). The number of piperazine rings is 1. The summed E-state index contributed by atoms with van der Waals surface area (Å²) < 4.78 is 5.15. The van der Waals surface area contributed by atoms with Crippen LogP contribution in [0.2, 0.25) is 0 Å². The van der Waals surface area contributed by atoms with E-state index in [2.05, 4.69) is 10.2 Å². The first-order valence-corrected chi connectivity index (χ1v) is 7.15. The van der Waals surface area contributed by atoms with E-state index < -0.39 is 5.60 Å². The molecule has 1 aromatic rings. The van der Waals surface area contributed by atoms with Crippen molar-refractivity contribution in [2.45, 2.75) is 12.0 Å². The van der Waals surface area contributed by atoms with Crippen LogP contribution < -0.4 is 5.32 Å². The predicted molar refractivity (Wildman–Crippen MR) is 88.0 cm³/mol. The fraction of sp³-hybridized carbons (Fsp3) is 0.643. The molecule has 1 aromatic heterocycles. The van der Waals surface area contributed by atoms with Gasteiger partial charge < -0.3 is 19.7 Å². The summed E-state index contributed by atoms with van der Waals surface area (Å²) >= 11 is 0. The van der Waals surface area contributed by atoms with Crippen molar-refractivity contribution in [2.75, 3.05) is 45.8 Å². The Labute approximate surface area is 142 Å². The number of nitrogens with one attached hydrogen (secondary N) is 1. The van der Waals surface area contributed by atoms with Gasteiger partial charge in [0.05, 0.1) is 11.9 Å². The number of β-amino-alcohol motifs (C(OH)–C–C–N with tert-alkyl or cyclic N) is 1.